The molecule has 0 bridgehead atoms. The van der Waals surface area contributed by atoms with E-state index in [-0.39, 0.29) is 11.4 Å². The Morgan fingerprint density at radius 2 is 1.64 bits per heavy atom. The van der Waals surface area contributed by atoms with Gasteiger partial charge >= 0.3 is 0 Å². The van der Waals surface area contributed by atoms with Crippen molar-refractivity contribution in [2.24, 2.45) is 0 Å². The van der Waals surface area contributed by atoms with Crippen LogP contribution in [0.25, 0.3) is 21.9 Å². The van der Waals surface area contributed by atoms with Gasteiger partial charge in [-0.25, -0.2) is 8.78 Å². The van der Waals surface area contributed by atoms with Crippen molar-refractivity contribution in [3.63, 3.8) is 0 Å². The van der Waals surface area contributed by atoms with Crippen molar-refractivity contribution in [1.29, 1.82) is 5.26 Å². The number of rotatable bonds is 5. The smallest absolute Gasteiger partial charge is 0.131 e. The molecular weight excluding hydrogens is 316 g/mol. The minimum absolute atomic E-state index is 0.267. The van der Waals surface area contributed by atoms with Gasteiger partial charge in [-0.2, -0.15) is 5.26 Å². The lowest BCUT2D eigenvalue weighted by molar-refractivity contribution is 0.579. The molecule has 3 heteroatoms. The highest BCUT2D eigenvalue weighted by Gasteiger charge is 2.12. The molecule has 0 spiro atoms. The molecule has 0 saturated heterocycles. The van der Waals surface area contributed by atoms with Crippen molar-refractivity contribution >= 4 is 10.8 Å². The predicted octanol–water partition coefficient (Wildman–Crippen LogP) is 6.39. The molecule has 0 aromatic heterocycles. The molecule has 3 rings (SSSR count). The number of hydrogen-bond donors (Lipinski definition) is 0. The maximum atomic E-state index is 14.5. The van der Waals surface area contributed by atoms with Gasteiger partial charge in [-0.15, -0.1) is 0 Å². The van der Waals surface area contributed by atoms with E-state index in [2.05, 4.69) is 13.0 Å². The average molecular weight is 335 g/mol. The lowest BCUT2D eigenvalue weighted by atomic mass is 9.97. The second-order valence-corrected chi connectivity index (χ2v) is 6.27. The monoisotopic (exact) mass is 335 g/mol. The van der Waals surface area contributed by atoms with Crippen LogP contribution in [0.5, 0.6) is 0 Å². The quantitative estimate of drug-likeness (QED) is 0.496. The van der Waals surface area contributed by atoms with Gasteiger partial charge in [0, 0.05) is 5.56 Å². The van der Waals surface area contributed by atoms with E-state index in [1.54, 1.807) is 18.2 Å². The van der Waals surface area contributed by atoms with E-state index in [9.17, 15) is 8.78 Å². The summed E-state index contributed by atoms with van der Waals surface area (Å²) in [6, 6.07) is 15.5. The first-order chi connectivity index (χ1) is 12.1. The Kier molecular flexibility index (Phi) is 5.09. The number of unbranched alkanes of at least 4 members (excludes halogenated alkanes) is 2. The van der Waals surface area contributed by atoms with Crippen LogP contribution in [-0.4, -0.2) is 0 Å². The molecule has 0 aliphatic rings. The first-order valence-electron chi connectivity index (χ1n) is 8.54. The van der Waals surface area contributed by atoms with Gasteiger partial charge in [0.05, 0.1) is 11.6 Å². The number of fused-ring (bicyclic) bond motifs is 1. The van der Waals surface area contributed by atoms with Crippen LogP contribution in [0.2, 0.25) is 0 Å². The number of nitrogens with zero attached hydrogens (tertiary/aromatic N) is 1. The standard InChI is InChI=1S/C22H19F2N/c1-2-3-4-5-19-12-22(24)20(13-21(19)23)18-9-8-16-10-15(14-25)6-7-17(16)11-18/h6-13H,2-5H2,1H3. The lowest BCUT2D eigenvalue weighted by Gasteiger charge is -2.09. The fourth-order valence-electron chi connectivity index (χ4n) is 3.05. The van der Waals surface area contributed by atoms with Crippen molar-refractivity contribution in [1.82, 2.24) is 0 Å². The Bertz CT molecular complexity index is 954. The summed E-state index contributed by atoms with van der Waals surface area (Å²) < 4.78 is 28.9. The van der Waals surface area contributed by atoms with Crippen molar-refractivity contribution < 1.29 is 8.78 Å². The Morgan fingerprint density at radius 3 is 2.40 bits per heavy atom. The topological polar surface area (TPSA) is 23.8 Å². The third-order valence-electron chi connectivity index (χ3n) is 4.47. The summed E-state index contributed by atoms with van der Waals surface area (Å²) in [4.78, 5) is 0. The largest absolute Gasteiger partial charge is 0.207 e. The molecule has 126 valence electrons. The van der Waals surface area contributed by atoms with Crippen LogP contribution in [0.15, 0.2) is 48.5 Å². The van der Waals surface area contributed by atoms with Gasteiger partial charge in [0.2, 0.25) is 0 Å². The zero-order valence-corrected chi connectivity index (χ0v) is 14.2. The first-order valence-corrected chi connectivity index (χ1v) is 8.54. The van der Waals surface area contributed by atoms with E-state index in [1.165, 1.54) is 12.1 Å². The molecular formula is C22H19F2N. The molecule has 0 amide bonds. The maximum Gasteiger partial charge on any atom is 0.131 e. The number of halogens is 2. The van der Waals surface area contributed by atoms with Crippen LogP contribution in [0.1, 0.15) is 37.3 Å². The number of nitriles is 1. The van der Waals surface area contributed by atoms with Crippen LogP contribution in [-0.2, 0) is 6.42 Å². The van der Waals surface area contributed by atoms with Crippen LogP contribution < -0.4 is 0 Å². The van der Waals surface area contributed by atoms with Gasteiger partial charge in [-0.3, -0.25) is 0 Å². The number of aryl methyl sites for hydroxylation is 1. The van der Waals surface area contributed by atoms with Crippen molar-refractivity contribution in [2.75, 3.05) is 0 Å². The van der Waals surface area contributed by atoms with E-state index >= 15 is 0 Å². The zero-order valence-electron chi connectivity index (χ0n) is 14.2. The molecule has 0 fully saturated rings. The molecule has 0 radical (unpaired) electrons. The summed E-state index contributed by atoms with van der Waals surface area (Å²) in [5.41, 5.74) is 1.92. The molecule has 0 N–H and O–H groups in total. The van der Waals surface area contributed by atoms with Gasteiger partial charge < -0.3 is 0 Å². The van der Waals surface area contributed by atoms with Crippen LogP contribution in [0.3, 0.4) is 0 Å². The number of hydrogen-bond acceptors (Lipinski definition) is 1. The van der Waals surface area contributed by atoms with Gasteiger partial charge in [0.25, 0.3) is 0 Å². The summed E-state index contributed by atoms with van der Waals surface area (Å²) in [5, 5.41) is 10.8. The predicted molar refractivity (Wildman–Crippen MR) is 97.2 cm³/mol. The fourth-order valence-corrected chi connectivity index (χ4v) is 3.05. The zero-order chi connectivity index (χ0) is 17.8. The highest BCUT2D eigenvalue weighted by molar-refractivity contribution is 5.88. The first kappa shape index (κ1) is 17.1. The average Bonchev–Trinajstić information content (AvgIpc) is 2.63. The van der Waals surface area contributed by atoms with Crippen LogP contribution in [0, 0.1) is 23.0 Å². The molecule has 0 saturated carbocycles. The Labute approximate surface area is 146 Å². The summed E-state index contributed by atoms with van der Waals surface area (Å²) in [6.45, 7) is 2.08. The van der Waals surface area contributed by atoms with E-state index in [1.807, 2.05) is 18.2 Å². The van der Waals surface area contributed by atoms with Gasteiger partial charge in [-0.05, 0) is 65.1 Å². The molecule has 25 heavy (non-hydrogen) atoms. The molecule has 0 heterocycles. The van der Waals surface area contributed by atoms with Gasteiger partial charge in [0.1, 0.15) is 11.6 Å². The molecule has 0 aliphatic heterocycles. The van der Waals surface area contributed by atoms with Gasteiger partial charge in [0.15, 0.2) is 0 Å². The van der Waals surface area contributed by atoms with E-state index < -0.39 is 5.82 Å². The third-order valence-corrected chi connectivity index (χ3v) is 4.47. The van der Waals surface area contributed by atoms with Crippen LogP contribution in [0.4, 0.5) is 8.78 Å². The normalized spacial score (nSPS) is 10.8. The molecule has 3 aromatic carbocycles. The highest BCUT2D eigenvalue weighted by atomic mass is 19.1. The van der Waals surface area contributed by atoms with E-state index in [0.717, 1.165) is 30.0 Å². The van der Waals surface area contributed by atoms with E-state index in [0.29, 0.717) is 23.1 Å². The second kappa shape index (κ2) is 7.44. The minimum Gasteiger partial charge on any atom is -0.207 e. The summed E-state index contributed by atoms with van der Waals surface area (Å²) in [7, 11) is 0. The lowest BCUT2D eigenvalue weighted by Crippen LogP contribution is -1.96. The SMILES string of the molecule is CCCCCc1cc(F)c(-c2ccc3cc(C#N)ccc3c2)cc1F. The maximum absolute atomic E-state index is 14.5. The molecule has 1 nitrogen and oxygen atoms in total. The Balaban J connectivity index is 1.97. The van der Waals surface area contributed by atoms with Crippen molar-refractivity contribution in [2.45, 2.75) is 32.6 Å². The summed E-state index contributed by atoms with van der Waals surface area (Å²) in [5.74, 6) is -0.756. The Morgan fingerprint density at radius 1 is 0.880 bits per heavy atom. The van der Waals surface area contributed by atoms with Crippen molar-refractivity contribution in [3.05, 3.63) is 71.3 Å². The summed E-state index contributed by atoms with van der Waals surface area (Å²) >= 11 is 0. The molecule has 0 atom stereocenters. The molecule has 3 aromatic rings. The fraction of sp³-hybridized carbons (Fsp3) is 0.227. The third kappa shape index (κ3) is 3.69. The van der Waals surface area contributed by atoms with Crippen molar-refractivity contribution in [3.8, 4) is 17.2 Å². The Hall–Kier alpha value is -2.73. The van der Waals surface area contributed by atoms with E-state index in [4.69, 9.17) is 5.26 Å². The minimum atomic E-state index is -0.402. The second-order valence-electron chi connectivity index (χ2n) is 6.27. The summed E-state index contributed by atoms with van der Waals surface area (Å²) in [6.07, 6.45) is 3.49. The number of benzene rings is 3. The van der Waals surface area contributed by atoms with Gasteiger partial charge in [-0.1, -0.05) is 38.0 Å². The highest BCUT2D eigenvalue weighted by Crippen LogP contribution is 2.29. The molecule has 0 aliphatic carbocycles. The molecule has 0 unspecified atom stereocenters. The van der Waals surface area contributed by atoms with Crippen LogP contribution >= 0.6 is 0 Å².